The minimum atomic E-state index is -0.286. The maximum absolute atomic E-state index is 12.4. The quantitative estimate of drug-likeness (QED) is 0.864. The molecule has 0 aliphatic carbocycles. The van der Waals surface area contributed by atoms with Crippen LogP contribution >= 0.6 is 11.6 Å². The van der Waals surface area contributed by atoms with Crippen molar-refractivity contribution in [1.29, 1.82) is 0 Å². The lowest BCUT2D eigenvalue weighted by Crippen LogP contribution is -2.33. The molecule has 130 valence electrons. The summed E-state index contributed by atoms with van der Waals surface area (Å²) in [5.74, 6) is -0.324. The van der Waals surface area contributed by atoms with Gasteiger partial charge in [0.1, 0.15) is 0 Å². The van der Waals surface area contributed by atoms with Gasteiger partial charge in [0.25, 0.3) is 0 Å². The van der Waals surface area contributed by atoms with Crippen LogP contribution in [0.25, 0.3) is 0 Å². The number of likely N-dealkylation sites (tertiary alicyclic amines) is 1. The molecule has 2 aromatic carbocycles. The number of amides is 2. The monoisotopic (exact) mass is 356 g/mol. The number of benzene rings is 2. The van der Waals surface area contributed by atoms with E-state index in [-0.39, 0.29) is 24.2 Å². The van der Waals surface area contributed by atoms with Crippen molar-refractivity contribution in [1.82, 2.24) is 10.2 Å². The summed E-state index contributed by atoms with van der Waals surface area (Å²) in [5, 5.41) is 3.53. The molecule has 0 spiro atoms. The summed E-state index contributed by atoms with van der Waals surface area (Å²) in [5.41, 5.74) is 2.07. The first-order valence-electron chi connectivity index (χ1n) is 8.46. The molecule has 2 aromatic rings. The highest BCUT2D eigenvalue weighted by molar-refractivity contribution is 6.31. The molecule has 3 rings (SSSR count). The second kappa shape index (κ2) is 8.17. The van der Waals surface area contributed by atoms with Crippen LogP contribution in [0.15, 0.2) is 54.6 Å². The van der Waals surface area contributed by atoms with Crippen LogP contribution in [0, 0.1) is 5.92 Å². The molecule has 1 N–H and O–H groups in total. The van der Waals surface area contributed by atoms with Crippen molar-refractivity contribution in [3.63, 3.8) is 0 Å². The van der Waals surface area contributed by atoms with E-state index in [0.717, 1.165) is 12.0 Å². The largest absolute Gasteiger partial charge is 0.352 e. The molecule has 1 fully saturated rings. The predicted octanol–water partition coefficient (Wildman–Crippen LogP) is 3.05. The summed E-state index contributed by atoms with van der Waals surface area (Å²) >= 11 is 6.10. The zero-order valence-electron chi connectivity index (χ0n) is 14.0. The van der Waals surface area contributed by atoms with Crippen LogP contribution < -0.4 is 5.32 Å². The minimum Gasteiger partial charge on any atom is -0.352 e. The molecule has 1 aliphatic rings. The standard InChI is InChI=1S/C20H21ClN2O2/c21-18-9-5-4-8-16(18)13-22-20(25)17-12-19(24)23(14-17)11-10-15-6-2-1-3-7-15/h1-9,17H,10-14H2,(H,22,25). The van der Waals surface area contributed by atoms with E-state index in [1.54, 1.807) is 11.0 Å². The van der Waals surface area contributed by atoms with E-state index in [4.69, 9.17) is 11.6 Å². The molecule has 25 heavy (non-hydrogen) atoms. The van der Waals surface area contributed by atoms with Crippen LogP contribution in [-0.4, -0.2) is 29.8 Å². The van der Waals surface area contributed by atoms with Gasteiger partial charge in [-0.2, -0.15) is 0 Å². The van der Waals surface area contributed by atoms with Crippen molar-refractivity contribution in [3.8, 4) is 0 Å². The van der Waals surface area contributed by atoms with Crippen LogP contribution in [0.1, 0.15) is 17.5 Å². The lowest BCUT2D eigenvalue weighted by Gasteiger charge is -2.16. The average Bonchev–Trinajstić information content (AvgIpc) is 3.01. The molecule has 1 heterocycles. The highest BCUT2D eigenvalue weighted by atomic mass is 35.5. The first kappa shape index (κ1) is 17.5. The van der Waals surface area contributed by atoms with Crippen molar-refractivity contribution in [3.05, 3.63) is 70.7 Å². The number of rotatable bonds is 6. The second-order valence-corrected chi connectivity index (χ2v) is 6.69. The van der Waals surface area contributed by atoms with Gasteiger partial charge in [0, 0.05) is 31.1 Å². The van der Waals surface area contributed by atoms with Crippen LogP contribution in [0.2, 0.25) is 5.02 Å². The van der Waals surface area contributed by atoms with Gasteiger partial charge in [-0.05, 0) is 23.6 Å². The third-order valence-corrected chi connectivity index (χ3v) is 4.88. The van der Waals surface area contributed by atoms with E-state index in [1.165, 1.54) is 5.56 Å². The Morgan fingerprint density at radius 1 is 1.12 bits per heavy atom. The molecule has 2 amide bonds. The van der Waals surface area contributed by atoms with Gasteiger partial charge in [-0.25, -0.2) is 0 Å². The second-order valence-electron chi connectivity index (χ2n) is 6.29. The molecule has 0 radical (unpaired) electrons. The summed E-state index contributed by atoms with van der Waals surface area (Å²) in [7, 11) is 0. The Bertz CT molecular complexity index is 748. The molecule has 1 atom stereocenters. The molecule has 4 nitrogen and oxygen atoms in total. The maximum atomic E-state index is 12.4. The van der Waals surface area contributed by atoms with Gasteiger partial charge in [-0.1, -0.05) is 60.1 Å². The van der Waals surface area contributed by atoms with Crippen molar-refractivity contribution in [2.75, 3.05) is 13.1 Å². The number of carbonyl (C=O) groups excluding carboxylic acids is 2. The van der Waals surface area contributed by atoms with Crippen molar-refractivity contribution < 1.29 is 9.59 Å². The van der Waals surface area contributed by atoms with E-state index in [1.807, 2.05) is 48.5 Å². The molecule has 0 saturated carbocycles. The molecular formula is C20H21ClN2O2. The topological polar surface area (TPSA) is 49.4 Å². The Balaban J connectivity index is 1.49. The molecular weight excluding hydrogens is 336 g/mol. The highest BCUT2D eigenvalue weighted by Crippen LogP contribution is 2.19. The Hall–Kier alpha value is -2.33. The lowest BCUT2D eigenvalue weighted by atomic mass is 10.1. The highest BCUT2D eigenvalue weighted by Gasteiger charge is 2.33. The maximum Gasteiger partial charge on any atom is 0.225 e. The molecule has 1 aliphatic heterocycles. The number of hydrogen-bond acceptors (Lipinski definition) is 2. The van der Waals surface area contributed by atoms with Gasteiger partial charge < -0.3 is 10.2 Å². The van der Waals surface area contributed by atoms with Crippen LogP contribution in [-0.2, 0) is 22.6 Å². The Morgan fingerprint density at radius 2 is 1.84 bits per heavy atom. The molecule has 5 heteroatoms. The summed E-state index contributed by atoms with van der Waals surface area (Å²) in [6.07, 6.45) is 1.09. The summed E-state index contributed by atoms with van der Waals surface area (Å²) in [6.45, 7) is 1.52. The molecule has 0 bridgehead atoms. The van der Waals surface area contributed by atoms with Gasteiger partial charge in [0.15, 0.2) is 0 Å². The van der Waals surface area contributed by atoms with Gasteiger partial charge >= 0.3 is 0 Å². The first-order valence-corrected chi connectivity index (χ1v) is 8.84. The first-order chi connectivity index (χ1) is 12.1. The summed E-state index contributed by atoms with van der Waals surface area (Å²) in [6, 6.07) is 17.5. The third kappa shape index (κ3) is 4.60. The fourth-order valence-electron chi connectivity index (χ4n) is 3.04. The number of halogens is 1. The van der Waals surface area contributed by atoms with Crippen LogP contribution in [0.5, 0.6) is 0 Å². The smallest absolute Gasteiger partial charge is 0.225 e. The predicted molar refractivity (Wildman–Crippen MR) is 98.1 cm³/mol. The van der Waals surface area contributed by atoms with Gasteiger partial charge in [0.05, 0.1) is 5.92 Å². The molecule has 1 unspecified atom stereocenters. The van der Waals surface area contributed by atoms with Crippen LogP contribution in [0.3, 0.4) is 0 Å². The molecule has 1 saturated heterocycles. The number of nitrogens with zero attached hydrogens (tertiary/aromatic N) is 1. The summed E-state index contributed by atoms with van der Waals surface area (Å²) < 4.78 is 0. The lowest BCUT2D eigenvalue weighted by molar-refractivity contribution is -0.129. The minimum absolute atomic E-state index is 0.0498. The average molecular weight is 357 g/mol. The number of nitrogens with one attached hydrogen (secondary N) is 1. The van der Waals surface area contributed by atoms with Crippen LogP contribution in [0.4, 0.5) is 0 Å². The normalized spacial score (nSPS) is 16.9. The number of hydrogen-bond donors (Lipinski definition) is 1. The van der Waals surface area contributed by atoms with Gasteiger partial charge in [-0.15, -0.1) is 0 Å². The van der Waals surface area contributed by atoms with Gasteiger partial charge in [0.2, 0.25) is 11.8 Å². The van der Waals surface area contributed by atoms with Crippen molar-refractivity contribution in [2.45, 2.75) is 19.4 Å². The summed E-state index contributed by atoms with van der Waals surface area (Å²) in [4.78, 5) is 26.3. The Kier molecular flexibility index (Phi) is 5.71. The van der Waals surface area contributed by atoms with E-state index in [0.29, 0.717) is 24.7 Å². The van der Waals surface area contributed by atoms with Gasteiger partial charge in [-0.3, -0.25) is 9.59 Å². The zero-order valence-corrected chi connectivity index (χ0v) is 14.7. The van der Waals surface area contributed by atoms with Crippen molar-refractivity contribution >= 4 is 23.4 Å². The Labute approximate surface area is 152 Å². The van der Waals surface area contributed by atoms with E-state index >= 15 is 0 Å². The SMILES string of the molecule is O=C(NCc1ccccc1Cl)C1CC(=O)N(CCc2ccccc2)C1. The number of carbonyl (C=O) groups is 2. The van der Waals surface area contributed by atoms with E-state index < -0.39 is 0 Å². The Morgan fingerprint density at radius 3 is 2.60 bits per heavy atom. The van der Waals surface area contributed by atoms with E-state index in [2.05, 4.69) is 5.32 Å². The third-order valence-electron chi connectivity index (χ3n) is 4.51. The van der Waals surface area contributed by atoms with E-state index in [9.17, 15) is 9.59 Å². The van der Waals surface area contributed by atoms with Crippen molar-refractivity contribution in [2.24, 2.45) is 5.92 Å². The fraction of sp³-hybridized carbons (Fsp3) is 0.300. The zero-order chi connectivity index (χ0) is 17.6. The fourth-order valence-corrected chi connectivity index (χ4v) is 3.24. The molecule has 0 aromatic heterocycles.